The van der Waals surface area contributed by atoms with E-state index in [9.17, 15) is 0 Å². The lowest BCUT2D eigenvalue weighted by Crippen LogP contribution is -2.61. The molecule has 498 valence electrons. The molecule has 0 aliphatic carbocycles. The molecule has 0 spiro atoms. The van der Waals surface area contributed by atoms with Crippen LogP contribution in [0.3, 0.4) is 0 Å². The Balaban J connectivity index is 0.970. The zero-order valence-electron chi connectivity index (χ0n) is 59.3. The SMILES string of the molecule is CC(C)(C)c1cc2c3c(c1)N(c1c(-c4ccccc4)cc(-c4ccccc4)cc1-c1ccccc1)c1cc(-n4c5ccccc5c5ccccc54)ccc1B3c1ccc(-c3c4ccccc4c(-c4ccccc4)c4ccccc34)cc1N2c1c(-c2ccccc2)cc(-c2ccccc2)cc1-c1ccccc1. The zero-order chi connectivity index (χ0) is 70.6. The third kappa shape index (κ3) is 10.3. The van der Waals surface area contributed by atoms with Crippen LogP contribution in [0.25, 0.3) is 138 Å². The van der Waals surface area contributed by atoms with Crippen LogP contribution < -0.4 is 26.2 Å². The first kappa shape index (κ1) is 62.5. The molecule has 0 amide bonds. The quantitative estimate of drug-likeness (QED) is 0.0944. The number of hydrogen-bond acceptors (Lipinski definition) is 2. The molecule has 17 aromatic carbocycles. The van der Waals surface area contributed by atoms with Crippen LogP contribution in [0.15, 0.2) is 382 Å². The Morgan fingerprint density at radius 2 is 0.547 bits per heavy atom. The maximum absolute atomic E-state index is 2.73. The molecule has 0 unspecified atom stereocenters. The van der Waals surface area contributed by atoms with Gasteiger partial charge in [-0.25, -0.2) is 0 Å². The van der Waals surface area contributed by atoms with Gasteiger partial charge in [-0.05, 0) is 182 Å². The molecule has 3 nitrogen and oxygen atoms in total. The van der Waals surface area contributed by atoms with E-state index >= 15 is 0 Å². The van der Waals surface area contributed by atoms with Gasteiger partial charge < -0.3 is 14.4 Å². The number of nitrogens with zero attached hydrogens (tertiary/aromatic N) is 3. The van der Waals surface area contributed by atoms with Gasteiger partial charge in [-0.2, -0.15) is 0 Å². The van der Waals surface area contributed by atoms with E-state index in [0.717, 1.165) is 123 Å². The Bertz CT molecular complexity index is 6230. The maximum atomic E-state index is 2.73. The molecule has 18 aromatic rings. The normalized spacial score (nSPS) is 12.4. The number of aromatic nitrogens is 1. The molecule has 4 heteroatoms. The summed E-state index contributed by atoms with van der Waals surface area (Å²) in [5, 5.41) is 7.30. The van der Waals surface area contributed by atoms with Gasteiger partial charge in [-0.1, -0.05) is 336 Å². The second-order valence-electron chi connectivity index (χ2n) is 29.4. The van der Waals surface area contributed by atoms with Crippen molar-refractivity contribution in [3.05, 3.63) is 388 Å². The lowest BCUT2D eigenvalue weighted by Gasteiger charge is -2.46. The zero-order valence-corrected chi connectivity index (χ0v) is 59.3. The van der Waals surface area contributed by atoms with E-state index < -0.39 is 0 Å². The molecule has 2 aliphatic heterocycles. The van der Waals surface area contributed by atoms with E-state index in [-0.39, 0.29) is 12.1 Å². The van der Waals surface area contributed by atoms with E-state index in [0.29, 0.717) is 0 Å². The van der Waals surface area contributed by atoms with E-state index in [1.807, 2.05) is 0 Å². The molecule has 0 fully saturated rings. The predicted molar refractivity (Wildman–Crippen MR) is 452 cm³/mol. The molecule has 106 heavy (non-hydrogen) atoms. The van der Waals surface area contributed by atoms with E-state index in [4.69, 9.17) is 0 Å². The van der Waals surface area contributed by atoms with Crippen molar-refractivity contribution in [2.45, 2.75) is 26.2 Å². The number of fused-ring (bicyclic) bond motifs is 9. The van der Waals surface area contributed by atoms with Crippen molar-refractivity contribution >= 4 is 101 Å². The molecule has 20 rings (SSSR count). The number of anilines is 6. The summed E-state index contributed by atoms with van der Waals surface area (Å²) in [7, 11) is 0. The van der Waals surface area contributed by atoms with Crippen molar-refractivity contribution in [1.82, 2.24) is 4.57 Å². The number of hydrogen-bond donors (Lipinski definition) is 0. The number of para-hydroxylation sites is 2. The van der Waals surface area contributed by atoms with Crippen molar-refractivity contribution < 1.29 is 0 Å². The molecule has 0 atom stereocenters. The lowest BCUT2D eigenvalue weighted by molar-refractivity contribution is 0.590. The Morgan fingerprint density at radius 3 is 0.925 bits per heavy atom. The van der Waals surface area contributed by atoms with Gasteiger partial charge in [0.2, 0.25) is 0 Å². The summed E-state index contributed by atoms with van der Waals surface area (Å²) in [5.74, 6) is 0. The summed E-state index contributed by atoms with van der Waals surface area (Å²) in [6.45, 7) is 6.93. The molecule has 3 heterocycles. The smallest absolute Gasteiger partial charge is 0.252 e. The molecular weight excluding hydrogens is 1280 g/mol. The van der Waals surface area contributed by atoms with Crippen LogP contribution in [0, 0.1) is 0 Å². The van der Waals surface area contributed by atoms with Crippen LogP contribution in [-0.2, 0) is 5.41 Å². The van der Waals surface area contributed by atoms with E-state index in [2.05, 4.69) is 417 Å². The van der Waals surface area contributed by atoms with Crippen LogP contribution >= 0.6 is 0 Å². The second kappa shape index (κ2) is 25.3. The Morgan fingerprint density at radius 1 is 0.236 bits per heavy atom. The van der Waals surface area contributed by atoms with Gasteiger partial charge in [-0.3, -0.25) is 0 Å². The molecule has 0 saturated carbocycles. The molecular formula is C102H72BN3. The first-order valence-electron chi connectivity index (χ1n) is 37.0. The fourth-order valence-corrected chi connectivity index (χ4v) is 17.4. The average Bonchev–Trinajstić information content (AvgIpc) is 0.715. The van der Waals surface area contributed by atoms with Crippen LogP contribution in [0.2, 0.25) is 0 Å². The third-order valence-electron chi connectivity index (χ3n) is 22.3. The summed E-state index contributed by atoms with van der Waals surface area (Å²) in [6, 6.07) is 144. The van der Waals surface area contributed by atoms with E-state index in [1.54, 1.807) is 0 Å². The minimum absolute atomic E-state index is 0.264. The maximum Gasteiger partial charge on any atom is 0.252 e. The second-order valence-corrected chi connectivity index (χ2v) is 29.4. The first-order chi connectivity index (χ1) is 52.3. The van der Waals surface area contributed by atoms with Gasteiger partial charge in [0.15, 0.2) is 0 Å². The van der Waals surface area contributed by atoms with Crippen LogP contribution in [0.5, 0.6) is 0 Å². The fraction of sp³-hybridized carbons (Fsp3) is 0.0392. The van der Waals surface area contributed by atoms with Crippen molar-refractivity contribution in [2.24, 2.45) is 0 Å². The van der Waals surface area contributed by atoms with Crippen molar-refractivity contribution in [2.75, 3.05) is 9.80 Å². The first-order valence-corrected chi connectivity index (χ1v) is 37.0. The van der Waals surface area contributed by atoms with Gasteiger partial charge in [0.25, 0.3) is 6.71 Å². The highest BCUT2D eigenvalue weighted by Gasteiger charge is 2.46. The standard InChI is InChI=1S/C102H72BN3/c1-102(2,3)77-64-95-99-96(65-77)106(101-87(71-41-19-8-20-42-71)61-76(68-35-13-5-14-36-68)62-88(101)72-43-21-9-22-44-72)94-66-78(104-91-53-31-29-47-79(91)80-48-30-32-54-92(80)104)56-58-90(94)103(99)89-57-55-74(98-83-51-27-25-49-81(83)97(73-45-23-10-24-46-73)82-50-26-28-52-84(82)98)63-93(89)105(95)100-85(69-37-15-6-16-38-69)59-75(67-33-11-4-12-34-67)60-86(100)70-39-17-7-18-40-70/h4-66H,1-3H3. The average molecular weight is 1350 g/mol. The number of benzene rings is 17. The van der Waals surface area contributed by atoms with Crippen molar-refractivity contribution in [3.8, 4) is 94.7 Å². The van der Waals surface area contributed by atoms with Gasteiger partial charge in [-0.15, -0.1) is 0 Å². The highest BCUT2D eigenvalue weighted by Crippen LogP contribution is 2.56. The van der Waals surface area contributed by atoms with Gasteiger partial charge in [0.1, 0.15) is 0 Å². The van der Waals surface area contributed by atoms with Crippen molar-refractivity contribution in [3.63, 3.8) is 0 Å². The molecule has 0 saturated heterocycles. The van der Waals surface area contributed by atoms with Gasteiger partial charge in [0, 0.05) is 61.5 Å². The van der Waals surface area contributed by atoms with Crippen molar-refractivity contribution in [1.29, 1.82) is 0 Å². The minimum atomic E-state index is -0.354. The van der Waals surface area contributed by atoms with Crippen LogP contribution in [0.1, 0.15) is 26.3 Å². The summed E-state index contributed by atoms with van der Waals surface area (Å²) in [4.78, 5) is 5.45. The number of rotatable bonds is 11. The summed E-state index contributed by atoms with van der Waals surface area (Å²) < 4.78 is 2.50. The monoisotopic (exact) mass is 1350 g/mol. The topological polar surface area (TPSA) is 11.4 Å². The fourth-order valence-electron chi connectivity index (χ4n) is 17.4. The molecule has 0 bridgehead atoms. The molecule has 1 aromatic heterocycles. The highest BCUT2D eigenvalue weighted by atomic mass is 15.2. The van der Waals surface area contributed by atoms with Crippen LogP contribution in [0.4, 0.5) is 34.1 Å². The lowest BCUT2D eigenvalue weighted by atomic mass is 9.33. The molecule has 0 N–H and O–H groups in total. The Kier molecular flexibility index (Phi) is 14.9. The third-order valence-corrected chi connectivity index (χ3v) is 22.3. The molecule has 0 radical (unpaired) electrons. The van der Waals surface area contributed by atoms with Gasteiger partial charge >= 0.3 is 0 Å². The van der Waals surface area contributed by atoms with E-state index in [1.165, 1.54) is 71.0 Å². The predicted octanol–water partition coefficient (Wildman–Crippen LogP) is 25.8. The minimum Gasteiger partial charge on any atom is -0.310 e. The Hall–Kier alpha value is -13.3. The summed E-state index contributed by atoms with van der Waals surface area (Å²) in [6.07, 6.45) is 0. The highest BCUT2D eigenvalue weighted by molar-refractivity contribution is 7.00. The van der Waals surface area contributed by atoms with Gasteiger partial charge in [0.05, 0.1) is 22.4 Å². The summed E-state index contributed by atoms with van der Waals surface area (Å²) in [5.41, 5.74) is 33.1. The largest absolute Gasteiger partial charge is 0.310 e. The Labute approximate surface area is 619 Å². The summed E-state index contributed by atoms with van der Waals surface area (Å²) >= 11 is 0. The molecule has 2 aliphatic rings. The van der Waals surface area contributed by atoms with Crippen LogP contribution in [-0.4, -0.2) is 11.3 Å².